The molecule has 6 rings (SSSR count). The molecule has 2 heterocycles. The van der Waals surface area contributed by atoms with Gasteiger partial charge in [0.25, 0.3) is 0 Å². The molecule has 1 fully saturated rings. The van der Waals surface area contributed by atoms with Crippen LogP contribution >= 0.6 is 0 Å². The first-order valence-electron chi connectivity index (χ1n) is 14.1. The average Bonchev–Trinajstić information content (AvgIpc) is 3.33. The normalized spacial score (nSPS) is 23.6. The van der Waals surface area contributed by atoms with Crippen molar-refractivity contribution in [1.82, 2.24) is 20.3 Å². The van der Waals surface area contributed by atoms with Crippen LogP contribution in [0.5, 0.6) is 23.1 Å². The van der Waals surface area contributed by atoms with E-state index in [1.807, 2.05) is 6.92 Å². The molecule has 0 spiro atoms. The van der Waals surface area contributed by atoms with Crippen LogP contribution in [-0.2, 0) is 0 Å². The second-order valence-electron chi connectivity index (χ2n) is 11.6. The summed E-state index contributed by atoms with van der Waals surface area (Å²) in [7, 11) is 1.52. The highest BCUT2D eigenvalue weighted by Crippen LogP contribution is 2.49. The van der Waals surface area contributed by atoms with E-state index in [1.54, 1.807) is 43.3 Å². The Labute approximate surface area is 246 Å². The van der Waals surface area contributed by atoms with Crippen molar-refractivity contribution in [3.05, 3.63) is 72.1 Å². The van der Waals surface area contributed by atoms with Gasteiger partial charge in [-0.15, -0.1) is 0 Å². The molecule has 7 nitrogen and oxygen atoms in total. The number of allylic oxidation sites excluding steroid dienone is 4. The lowest BCUT2D eigenvalue weighted by atomic mass is 9.72. The fourth-order valence-electron chi connectivity index (χ4n) is 5.77. The van der Waals surface area contributed by atoms with Gasteiger partial charge < -0.3 is 24.5 Å². The van der Waals surface area contributed by atoms with Crippen LogP contribution in [0.25, 0.3) is 21.8 Å². The Bertz CT molecular complexity index is 1740. The maximum absolute atomic E-state index is 15.2. The van der Waals surface area contributed by atoms with Gasteiger partial charge in [0.1, 0.15) is 6.33 Å². The van der Waals surface area contributed by atoms with E-state index in [4.69, 9.17) is 14.2 Å². The highest BCUT2D eigenvalue weighted by atomic mass is 19.4. The van der Waals surface area contributed by atoms with Gasteiger partial charge in [0.2, 0.25) is 5.88 Å². The molecule has 2 aromatic carbocycles. The molecule has 1 saturated carbocycles. The first-order chi connectivity index (χ1) is 20.5. The molecule has 4 aromatic rings. The Morgan fingerprint density at radius 1 is 1.07 bits per heavy atom. The molecule has 0 saturated heterocycles. The first kappa shape index (κ1) is 28.8. The fourth-order valence-corrected chi connectivity index (χ4v) is 5.77. The molecule has 11 heteroatoms. The summed E-state index contributed by atoms with van der Waals surface area (Å²) in [5.74, 6) is 0.170. The lowest BCUT2D eigenvalue weighted by Crippen LogP contribution is -2.48. The lowest BCUT2D eigenvalue weighted by Gasteiger charge is -2.42. The van der Waals surface area contributed by atoms with Crippen LogP contribution in [0, 0.1) is 30.0 Å². The second-order valence-corrected chi connectivity index (χ2v) is 11.6. The van der Waals surface area contributed by atoms with Crippen molar-refractivity contribution >= 4 is 21.8 Å². The largest absolute Gasteiger partial charge is 0.493 e. The van der Waals surface area contributed by atoms with Gasteiger partial charge >= 0.3 is 6.18 Å². The lowest BCUT2D eigenvalue weighted by molar-refractivity contribution is -0.212. The number of methoxy groups -OCH3 is 1. The van der Waals surface area contributed by atoms with E-state index in [0.29, 0.717) is 45.6 Å². The van der Waals surface area contributed by atoms with Gasteiger partial charge in [0.05, 0.1) is 30.0 Å². The van der Waals surface area contributed by atoms with Crippen LogP contribution in [0.3, 0.4) is 0 Å². The zero-order chi connectivity index (χ0) is 30.5. The molecule has 2 N–H and O–H groups in total. The van der Waals surface area contributed by atoms with Crippen LogP contribution in [-0.4, -0.2) is 40.9 Å². The van der Waals surface area contributed by atoms with Crippen LogP contribution in [0.2, 0.25) is 0 Å². The number of nitrogens with one attached hydrogen (secondary N) is 2. The summed E-state index contributed by atoms with van der Waals surface area (Å²) in [5.41, 5.74) is 0.747. The molecule has 2 aliphatic rings. The van der Waals surface area contributed by atoms with Crippen LogP contribution in [0.4, 0.5) is 17.6 Å². The number of hydrogen-bond donors (Lipinski definition) is 2. The van der Waals surface area contributed by atoms with Gasteiger partial charge in [-0.3, -0.25) is 0 Å². The molecule has 2 aromatic heterocycles. The van der Waals surface area contributed by atoms with Crippen LogP contribution in [0.1, 0.15) is 32.4 Å². The zero-order valence-electron chi connectivity index (χ0n) is 24.2. The van der Waals surface area contributed by atoms with E-state index in [1.165, 1.54) is 32.5 Å². The van der Waals surface area contributed by atoms with E-state index in [-0.39, 0.29) is 23.6 Å². The number of aromatic nitrogens is 3. The summed E-state index contributed by atoms with van der Waals surface area (Å²) in [4.78, 5) is 11.7. The van der Waals surface area contributed by atoms with E-state index in [9.17, 15) is 13.2 Å². The zero-order valence-corrected chi connectivity index (χ0v) is 24.2. The van der Waals surface area contributed by atoms with Crippen LogP contribution < -0.4 is 19.5 Å². The Hall–Kier alpha value is -4.28. The predicted octanol–water partition coefficient (Wildman–Crippen LogP) is 7.76. The van der Waals surface area contributed by atoms with Gasteiger partial charge in [-0.05, 0) is 62.9 Å². The van der Waals surface area contributed by atoms with Crippen molar-refractivity contribution in [1.29, 1.82) is 0 Å². The molecule has 0 amide bonds. The molecule has 0 aliphatic heterocycles. The summed E-state index contributed by atoms with van der Waals surface area (Å²) in [6, 6.07) is 8.52. The van der Waals surface area contributed by atoms with Crippen LogP contribution in [0.15, 0.2) is 60.6 Å². The number of alkyl halides is 3. The summed E-state index contributed by atoms with van der Waals surface area (Å²) in [5, 5.41) is 4.27. The molecule has 2 aliphatic carbocycles. The fraction of sp³-hybridized carbons (Fsp3) is 0.375. The second kappa shape index (κ2) is 10.8. The summed E-state index contributed by atoms with van der Waals surface area (Å²) < 4.78 is 73.8. The van der Waals surface area contributed by atoms with Crippen molar-refractivity contribution in [2.75, 3.05) is 13.7 Å². The number of ether oxygens (including phenoxy) is 3. The number of benzene rings is 2. The first-order valence-corrected chi connectivity index (χ1v) is 14.1. The highest BCUT2D eigenvalue weighted by molar-refractivity contribution is 5.87. The molecular weight excluding hydrogens is 564 g/mol. The Kier molecular flexibility index (Phi) is 7.22. The smallest absolute Gasteiger partial charge is 0.398 e. The average molecular weight is 597 g/mol. The van der Waals surface area contributed by atoms with E-state index in [0.717, 1.165) is 18.5 Å². The van der Waals surface area contributed by atoms with Gasteiger partial charge in [0.15, 0.2) is 23.1 Å². The minimum Gasteiger partial charge on any atom is -0.493 e. The summed E-state index contributed by atoms with van der Waals surface area (Å²) in [6.45, 7) is 5.11. The third kappa shape index (κ3) is 5.25. The number of fused-ring (bicyclic) bond motifs is 2. The molecule has 43 heavy (non-hydrogen) atoms. The summed E-state index contributed by atoms with van der Waals surface area (Å²) in [6.07, 6.45) is 3.00. The van der Waals surface area contributed by atoms with Crippen molar-refractivity contribution in [2.24, 2.45) is 17.3 Å². The quantitative estimate of drug-likeness (QED) is 0.202. The maximum Gasteiger partial charge on any atom is 0.398 e. The van der Waals surface area contributed by atoms with E-state index >= 15 is 4.39 Å². The molecule has 226 valence electrons. The number of rotatable bonds is 8. The van der Waals surface area contributed by atoms with Gasteiger partial charge in [-0.1, -0.05) is 19.1 Å². The minimum atomic E-state index is -4.33. The Morgan fingerprint density at radius 2 is 1.86 bits per heavy atom. The number of nitrogens with zero attached hydrogens (tertiary/aromatic N) is 2. The molecular formula is C32H32F4N4O3. The molecule has 0 radical (unpaired) electrons. The molecule has 0 bridgehead atoms. The van der Waals surface area contributed by atoms with Crippen molar-refractivity contribution in [2.45, 2.75) is 45.8 Å². The third-order valence-corrected chi connectivity index (χ3v) is 8.70. The molecule has 2 atom stereocenters. The van der Waals surface area contributed by atoms with Gasteiger partial charge in [-0.25, -0.2) is 14.4 Å². The Morgan fingerprint density at radius 3 is 2.60 bits per heavy atom. The van der Waals surface area contributed by atoms with Crippen molar-refractivity contribution in [3.63, 3.8) is 0 Å². The standard InChI is InChI=1S/C32H32F4N4O3/c1-17-10-21-24(39-17)7-8-26(29(21)33)43-30-22-13-27(41-4)28(14-25(22)37-16-38-30)42-15-19-11-20(12-19)40-23-6-5-9-31(3,18(23)2)32(34,35)36/h5-10,13-14,16,18-20,39-40H,11-12,15H2,1-4H3. The predicted molar refractivity (Wildman–Crippen MR) is 155 cm³/mol. The Balaban J connectivity index is 1.11. The summed E-state index contributed by atoms with van der Waals surface area (Å²) >= 11 is 0. The maximum atomic E-state index is 15.2. The number of aromatic amines is 1. The topological polar surface area (TPSA) is 81.3 Å². The van der Waals surface area contributed by atoms with E-state index in [2.05, 4.69) is 20.3 Å². The van der Waals surface area contributed by atoms with Crippen molar-refractivity contribution < 1.29 is 31.8 Å². The van der Waals surface area contributed by atoms with E-state index < -0.39 is 23.3 Å². The third-order valence-electron chi connectivity index (χ3n) is 8.70. The van der Waals surface area contributed by atoms with Gasteiger partial charge in [-0.2, -0.15) is 13.2 Å². The van der Waals surface area contributed by atoms with Crippen molar-refractivity contribution in [3.8, 4) is 23.1 Å². The molecule has 2 unspecified atom stereocenters. The van der Waals surface area contributed by atoms with Gasteiger partial charge in [0, 0.05) is 40.3 Å². The minimum absolute atomic E-state index is 0.0383. The highest BCUT2D eigenvalue weighted by Gasteiger charge is 2.54. The SMILES string of the molecule is COc1cc2c(Oc3ccc4[nH]c(C)cc4c3F)ncnc2cc1OCC1CC(NC2=CC=CC(C)(C(F)(F)F)C2C)C1. The number of halogens is 4. The number of aryl methyl sites for hydroxylation is 1. The monoisotopic (exact) mass is 596 g/mol. The number of H-pyrrole nitrogens is 1. The number of hydrogen-bond acceptors (Lipinski definition) is 6.